The van der Waals surface area contributed by atoms with Gasteiger partial charge in [0.2, 0.25) is 5.78 Å². The lowest BCUT2D eigenvalue weighted by atomic mass is 9.67. The summed E-state index contributed by atoms with van der Waals surface area (Å²) in [5.41, 5.74) is -0.891. The minimum Gasteiger partial charge on any atom is -0.411 e. The van der Waals surface area contributed by atoms with Crippen LogP contribution in [0, 0.1) is 5.92 Å². The maximum absolute atomic E-state index is 11.8. The zero-order chi connectivity index (χ0) is 10.6. The van der Waals surface area contributed by atoms with Gasteiger partial charge in [0.05, 0.1) is 5.60 Å². The molecule has 78 valence electrons. The monoisotopic (exact) mass is 197 g/mol. The van der Waals surface area contributed by atoms with Gasteiger partial charge in [-0.25, -0.2) is 0 Å². The molecule has 2 heterocycles. The van der Waals surface area contributed by atoms with Crippen molar-refractivity contribution in [1.82, 2.24) is 0 Å². The van der Waals surface area contributed by atoms with Crippen LogP contribution in [-0.4, -0.2) is 27.9 Å². The van der Waals surface area contributed by atoms with Crippen LogP contribution in [0.3, 0.4) is 0 Å². The molecule has 4 nitrogen and oxygen atoms in total. The van der Waals surface area contributed by atoms with Crippen LogP contribution >= 0.6 is 0 Å². The number of hydrogen-bond donors (Lipinski definition) is 1. The van der Waals surface area contributed by atoms with E-state index in [1.54, 1.807) is 6.92 Å². The number of oxime groups is 1. The largest absolute Gasteiger partial charge is 0.411 e. The third kappa shape index (κ3) is 1.03. The number of fused-ring (bicyclic) bond motifs is 3. The Morgan fingerprint density at radius 1 is 1.50 bits per heavy atom. The number of hydrogen-bond acceptors (Lipinski definition) is 4. The maximum Gasteiger partial charge on any atom is 0.212 e. The molecule has 3 fully saturated rings. The fraction of sp³-hybridized carbons (Fsp3) is 0.800. The van der Waals surface area contributed by atoms with Crippen LogP contribution in [-0.2, 0) is 9.53 Å². The molecular formula is C10H15NO3. The first-order valence-corrected chi connectivity index (χ1v) is 4.88. The SMILES string of the molecule is CC12CCC(C(=NO)C1=O)C(C)(C)O2. The van der Waals surface area contributed by atoms with E-state index in [1.807, 2.05) is 13.8 Å². The number of ketones is 1. The van der Waals surface area contributed by atoms with Crippen LogP contribution in [0.15, 0.2) is 5.16 Å². The molecule has 3 rings (SSSR count). The van der Waals surface area contributed by atoms with Crippen molar-refractivity contribution >= 4 is 11.5 Å². The van der Waals surface area contributed by atoms with Crippen LogP contribution < -0.4 is 0 Å². The molecule has 0 spiro atoms. The molecule has 2 atom stereocenters. The number of ether oxygens (including phenoxy) is 1. The van der Waals surface area contributed by atoms with Gasteiger partial charge in [0.1, 0.15) is 11.3 Å². The fourth-order valence-electron chi connectivity index (χ4n) is 2.64. The lowest BCUT2D eigenvalue weighted by Crippen LogP contribution is -2.64. The molecule has 0 amide bonds. The van der Waals surface area contributed by atoms with Crippen molar-refractivity contribution < 1.29 is 14.7 Å². The Kier molecular flexibility index (Phi) is 1.77. The summed E-state index contributed by atoms with van der Waals surface area (Å²) in [6.45, 7) is 5.65. The fourth-order valence-corrected chi connectivity index (χ4v) is 2.64. The van der Waals surface area contributed by atoms with E-state index in [0.29, 0.717) is 0 Å². The van der Waals surface area contributed by atoms with Crippen molar-refractivity contribution in [2.75, 3.05) is 0 Å². The van der Waals surface area contributed by atoms with Crippen LogP contribution in [0.2, 0.25) is 0 Å². The van der Waals surface area contributed by atoms with E-state index in [9.17, 15) is 4.79 Å². The quantitative estimate of drug-likeness (QED) is 0.471. The second-order valence-corrected chi connectivity index (χ2v) is 4.84. The second kappa shape index (κ2) is 2.57. The zero-order valence-electron chi connectivity index (χ0n) is 8.70. The average Bonchev–Trinajstić information content (AvgIpc) is 2.06. The first-order valence-electron chi connectivity index (χ1n) is 4.88. The van der Waals surface area contributed by atoms with Gasteiger partial charge in [-0.2, -0.15) is 0 Å². The van der Waals surface area contributed by atoms with E-state index < -0.39 is 11.2 Å². The summed E-state index contributed by atoms with van der Waals surface area (Å²) in [4.78, 5) is 11.8. The molecule has 0 radical (unpaired) electrons. The van der Waals surface area contributed by atoms with Crippen molar-refractivity contribution in [2.45, 2.75) is 44.8 Å². The van der Waals surface area contributed by atoms with E-state index >= 15 is 0 Å². The summed E-state index contributed by atoms with van der Waals surface area (Å²) < 4.78 is 5.76. The van der Waals surface area contributed by atoms with Crippen molar-refractivity contribution in [3.05, 3.63) is 0 Å². The van der Waals surface area contributed by atoms with Gasteiger partial charge in [0.25, 0.3) is 0 Å². The number of Topliss-reactive ketones (excluding diaryl/α,β-unsaturated/α-hetero) is 1. The van der Waals surface area contributed by atoms with E-state index in [-0.39, 0.29) is 17.4 Å². The van der Waals surface area contributed by atoms with Gasteiger partial charge in [-0.1, -0.05) is 5.16 Å². The predicted octanol–water partition coefficient (Wildman–Crippen LogP) is 1.36. The van der Waals surface area contributed by atoms with E-state index in [4.69, 9.17) is 9.94 Å². The Balaban J connectivity index is 2.48. The van der Waals surface area contributed by atoms with Gasteiger partial charge >= 0.3 is 0 Å². The Hall–Kier alpha value is -0.900. The lowest BCUT2D eigenvalue weighted by molar-refractivity contribution is -0.195. The van der Waals surface area contributed by atoms with Gasteiger partial charge in [-0.05, 0) is 33.6 Å². The molecular weight excluding hydrogens is 182 g/mol. The van der Waals surface area contributed by atoms with Crippen molar-refractivity contribution in [3.63, 3.8) is 0 Å². The highest BCUT2D eigenvalue weighted by Crippen LogP contribution is 2.46. The van der Waals surface area contributed by atoms with E-state index in [0.717, 1.165) is 12.8 Å². The topological polar surface area (TPSA) is 58.9 Å². The summed E-state index contributed by atoms with van der Waals surface area (Å²) in [7, 11) is 0. The zero-order valence-corrected chi connectivity index (χ0v) is 8.70. The standard InChI is InChI=1S/C10H15NO3/c1-9(2)6-4-5-10(3,14-9)8(12)7(6)11-13/h6,13H,4-5H2,1-3H3. The molecule has 1 saturated carbocycles. The molecule has 4 heteroatoms. The summed E-state index contributed by atoms with van der Waals surface area (Å²) in [5.74, 6) is -0.225. The predicted molar refractivity (Wildman–Crippen MR) is 50.5 cm³/mol. The van der Waals surface area contributed by atoms with Gasteiger partial charge in [-0.15, -0.1) is 0 Å². The van der Waals surface area contributed by atoms with Crippen LogP contribution in [0.25, 0.3) is 0 Å². The molecule has 1 aliphatic carbocycles. The van der Waals surface area contributed by atoms with Gasteiger partial charge < -0.3 is 9.94 Å². The number of nitrogens with zero attached hydrogens (tertiary/aromatic N) is 1. The van der Waals surface area contributed by atoms with Crippen LogP contribution in [0.1, 0.15) is 33.6 Å². The first-order chi connectivity index (χ1) is 6.41. The Morgan fingerprint density at radius 3 is 2.64 bits per heavy atom. The third-order valence-corrected chi connectivity index (χ3v) is 3.39. The molecule has 0 aromatic rings. The molecule has 3 aliphatic rings. The number of carbonyl (C=O) groups excluding carboxylic acids is 1. The minimum absolute atomic E-state index is 0.0678. The molecule has 0 aromatic carbocycles. The Labute approximate surface area is 82.9 Å². The Bertz CT molecular complexity index is 321. The highest BCUT2D eigenvalue weighted by atomic mass is 16.5. The normalized spacial score (nSPS) is 43.2. The van der Waals surface area contributed by atoms with Gasteiger partial charge in [-0.3, -0.25) is 4.79 Å². The van der Waals surface area contributed by atoms with E-state index in [1.165, 1.54) is 0 Å². The van der Waals surface area contributed by atoms with Crippen molar-refractivity contribution in [3.8, 4) is 0 Å². The maximum atomic E-state index is 11.8. The lowest BCUT2D eigenvalue weighted by Gasteiger charge is -2.52. The summed E-state index contributed by atoms with van der Waals surface area (Å²) in [6.07, 6.45) is 1.58. The minimum atomic E-state index is -0.778. The average molecular weight is 197 g/mol. The van der Waals surface area contributed by atoms with E-state index in [2.05, 4.69) is 5.16 Å². The highest BCUT2D eigenvalue weighted by Gasteiger charge is 2.57. The van der Waals surface area contributed by atoms with Crippen molar-refractivity contribution in [1.29, 1.82) is 0 Å². The molecule has 0 aromatic heterocycles. The molecule has 14 heavy (non-hydrogen) atoms. The first kappa shape index (κ1) is 9.65. The summed E-state index contributed by atoms with van der Waals surface area (Å²) >= 11 is 0. The third-order valence-electron chi connectivity index (χ3n) is 3.39. The van der Waals surface area contributed by atoms with Gasteiger partial charge in [0.15, 0.2) is 0 Å². The van der Waals surface area contributed by atoms with Gasteiger partial charge in [0, 0.05) is 5.92 Å². The molecule has 2 unspecified atom stereocenters. The smallest absolute Gasteiger partial charge is 0.212 e. The second-order valence-electron chi connectivity index (χ2n) is 4.84. The molecule has 2 aliphatic heterocycles. The summed E-state index contributed by atoms with van der Waals surface area (Å²) in [5, 5.41) is 12.0. The molecule has 1 N–H and O–H groups in total. The molecule has 2 bridgehead atoms. The number of carbonyl (C=O) groups is 1. The van der Waals surface area contributed by atoms with Crippen molar-refractivity contribution in [2.24, 2.45) is 11.1 Å². The Morgan fingerprint density at radius 2 is 2.14 bits per heavy atom. The molecule has 2 saturated heterocycles. The highest BCUT2D eigenvalue weighted by molar-refractivity contribution is 6.44. The summed E-state index contributed by atoms with van der Waals surface area (Å²) in [6, 6.07) is 0. The van der Waals surface area contributed by atoms with Crippen LogP contribution in [0.4, 0.5) is 0 Å². The van der Waals surface area contributed by atoms with Crippen LogP contribution in [0.5, 0.6) is 0 Å². The number of rotatable bonds is 0.